The molecule has 0 aliphatic heterocycles. The number of pyridine rings is 1. The van der Waals surface area contributed by atoms with Crippen molar-refractivity contribution in [2.45, 2.75) is 20.0 Å². The highest BCUT2D eigenvalue weighted by atomic mass is 32.1. The maximum Gasteiger partial charge on any atom is 0.419 e. The fourth-order valence-electron chi connectivity index (χ4n) is 1.78. The maximum atomic E-state index is 12.9. The minimum absolute atomic E-state index is 0.139. The minimum Gasteiger partial charge on any atom is -0.301 e. The van der Waals surface area contributed by atoms with E-state index in [0.717, 1.165) is 11.3 Å². The van der Waals surface area contributed by atoms with Crippen LogP contribution < -0.4 is 5.56 Å². The van der Waals surface area contributed by atoms with Gasteiger partial charge in [0.05, 0.1) is 10.6 Å². The number of thiazole rings is 1. The van der Waals surface area contributed by atoms with Gasteiger partial charge in [0.15, 0.2) is 0 Å². The molecule has 0 fully saturated rings. The van der Waals surface area contributed by atoms with Crippen LogP contribution in [0.3, 0.4) is 0 Å². The van der Waals surface area contributed by atoms with Crippen molar-refractivity contribution in [1.29, 1.82) is 0 Å². The van der Waals surface area contributed by atoms with Gasteiger partial charge >= 0.3 is 6.18 Å². The van der Waals surface area contributed by atoms with Crippen LogP contribution in [0.5, 0.6) is 0 Å². The van der Waals surface area contributed by atoms with Crippen LogP contribution >= 0.6 is 11.3 Å². The van der Waals surface area contributed by atoms with Gasteiger partial charge in [-0.2, -0.15) is 13.2 Å². The summed E-state index contributed by atoms with van der Waals surface area (Å²) in [5.41, 5.74) is -1.99. The van der Waals surface area contributed by atoms with Crippen LogP contribution in [0.15, 0.2) is 4.79 Å². The molecule has 0 aliphatic rings. The molecule has 0 unspecified atom stereocenters. The van der Waals surface area contributed by atoms with Crippen molar-refractivity contribution < 1.29 is 13.2 Å². The molecule has 0 saturated heterocycles. The van der Waals surface area contributed by atoms with E-state index in [9.17, 15) is 18.0 Å². The maximum absolute atomic E-state index is 12.9. The summed E-state index contributed by atoms with van der Waals surface area (Å²) < 4.78 is 40.0. The van der Waals surface area contributed by atoms with Crippen LogP contribution in [0, 0.1) is 13.8 Å². The standard InChI is InChI=1S/C10H9F3N2OS/c1-4-6(10(11,12)13)7-9(15(3)8(4)16)17-5(2)14-7/h1-3H3. The molecule has 0 amide bonds. The number of rotatable bonds is 0. The molecule has 0 N–H and O–H groups in total. The Labute approximate surface area is 98.5 Å². The Morgan fingerprint density at radius 1 is 1.29 bits per heavy atom. The second kappa shape index (κ2) is 3.56. The van der Waals surface area contributed by atoms with Crippen LogP contribution in [0.4, 0.5) is 13.2 Å². The molecular weight excluding hydrogens is 253 g/mol. The predicted octanol–water partition coefficient (Wildman–Crippen LogP) is 2.63. The summed E-state index contributed by atoms with van der Waals surface area (Å²) in [6, 6.07) is 0. The fraction of sp³-hybridized carbons (Fsp3) is 0.400. The third-order valence-corrected chi connectivity index (χ3v) is 3.59. The number of hydrogen-bond donors (Lipinski definition) is 0. The normalized spacial score (nSPS) is 12.4. The molecule has 0 spiro atoms. The summed E-state index contributed by atoms with van der Waals surface area (Å²) in [6.45, 7) is 2.80. The number of alkyl halides is 3. The highest BCUT2D eigenvalue weighted by molar-refractivity contribution is 7.18. The zero-order chi connectivity index (χ0) is 13.0. The molecule has 2 rings (SSSR count). The third-order valence-electron chi connectivity index (χ3n) is 2.54. The first kappa shape index (κ1) is 12.1. The van der Waals surface area contributed by atoms with Gasteiger partial charge in [0, 0.05) is 12.6 Å². The molecule has 0 atom stereocenters. The Kier molecular flexibility index (Phi) is 2.53. The van der Waals surface area contributed by atoms with Gasteiger partial charge in [-0.25, -0.2) is 4.98 Å². The van der Waals surface area contributed by atoms with Crippen molar-refractivity contribution in [1.82, 2.24) is 9.55 Å². The SMILES string of the molecule is Cc1nc2c(C(F)(F)F)c(C)c(=O)n(C)c2s1. The third kappa shape index (κ3) is 1.74. The quantitative estimate of drug-likeness (QED) is 0.731. The van der Waals surface area contributed by atoms with Crippen molar-refractivity contribution in [3.05, 3.63) is 26.5 Å². The van der Waals surface area contributed by atoms with Gasteiger partial charge in [0.1, 0.15) is 10.3 Å². The van der Waals surface area contributed by atoms with Crippen LogP contribution in [0.2, 0.25) is 0 Å². The lowest BCUT2D eigenvalue weighted by Gasteiger charge is -2.12. The molecule has 0 aromatic carbocycles. The monoisotopic (exact) mass is 262 g/mol. The summed E-state index contributed by atoms with van der Waals surface area (Å²) in [4.78, 5) is 15.8. The first-order chi connectivity index (χ1) is 7.73. The largest absolute Gasteiger partial charge is 0.419 e. The van der Waals surface area contributed by atoms with Crippen LogP contribution in [0.25, 0.3) is 10.3 Å². The predicted molar refractivity (Wildman–Crippen MR) is 59.3 cm³/mol. The van der Waals surface area contributed by atoms with Crippen LogP contribution in [-0.4, -0.2) is 9.55 Å². The van der Waals surface area contributed by atoms with Gasteiger partial charge in [-0.05, 0) is 13.8 Å². The summed E-state index contributed by atoms with van der Waals surface area (Å²) in [5.74, 6) is 0. The number of halogens is 3. The Hall–Kier alpha value is -1.37. The second-order valence-electron chi connectivity index (χ2n) is 3.75. The summed E-state index contributed by atoms with van der Waals surface area (Å²) in [5, 5.41) is 0.506. The number of aryl methyl sites for hydroxylation is 2. The average molecular weight is 262 g/mol. The van der Waals surface area contributed by atoms with Gasteiger partial charge in [0.25, 0.3) is 5.56 Å². The first-order valence-corrected chi connectivity index (χ1v) is 5.59. The molecule has 92 valence electrons. The van der Waals surface area contributed by atoms with E-state index in [1.54, 1.807) is 6.92 Å². The van der Waals surface area contributed by atoms with Gasteiger partial charge in [0.2, 0.25) is 0 Å². The highest BCUT2D eigenvalue weighted by Gasteiger charge is 2.37. The second-order valence-corrected chi connectivity index (χ2v) is 4.93. The van der Waals surface area contributed by atoms with Crippen molar-refractivity contribution in [3.8, 4) is 0 Å². The lowest BCUT2D eigenvalue weighted by atomic mass is 10.1. The van der Waals surface area contributed by atoms with Gasteiger partial charge in [-0.3, -0.25) is 4.79 Å². The summed E-state index contributed by atoms with van der Waals surface area (Å²) >= 11 is 1.08. The van der Waals surface area contributed by atoms with Gasteiger partial charge in [-0.15, -0.1) is 11.3 Å². The Morgan fingerprint density at radius 2 is 1.88 bits per heavy atom. The van der Waals surface area contributed by atoms with E-state index in [1.165, 1.54) is 18.5 Å². The average Bonchev–Trinajstić information content (AvgIpc) is 2.54. The number of nitrogens with zero attached hydrogens (tertiary/aromatic N) is 2. The van der Waals surface area contributed by atoms with Crippen molar-refractivity contribution in [2.24, 2.45) is 7.05 Å². The van der Waals surface area contributed by atoms with Gasteiger partial charge < -0.3 is 4.57 Å². The molecule has 0 radical (unpaired) electrons. The Balaban J connectivity index is 3.06. The van der Waals surface area contributed by atoms with Crippen molar-refractivity contribution in [2.75, 3.05) is 0 Å². The van der Waals surface area contributed by atoms with E-state index in [0.29, 0.717) is 5.01 Å². The smallest absolute Gasteiger partial charge is 0.301 e. The topological polar surface area (TPSA) is 34.9 Å². The van der Waals surface area contributed by atoms with E-state index in [1.807, 2.05) is 0 Å². The van der Waals surface area contributed by atoms with Crippen molar-refractivity contribution >= 4 is 21.7 Å². The molecule has 3 nitrogen and oxygen atoms in total. The van der Waals surface area contributed by atoms with E-state index in [4.69, 9.17) is 0 Å². The highest BCUT2D eigenvalue weighted by Crippen LogP contribution is 2.36. The van der Waals surface area contributed by atoms with Crippen molar-refractivity contribution in [3.63, 3.8) is 0 Å². The number of fused-ring (bicyclic) bond motifs is 1. The molecule has 17 heavy (non-hydrogen) atoms. The molecule has 0 saturated carbocycles. The van der Waals surface area contributed by atoms with E-state index >= 15 is 0 Å². The van der Waals surface area contributed by atoms with E-state index in [2.05, 4.69) is 4.98 Å². The molecular formula is C10H9F3N2OS. The Morgan fingerprint density at radius 3 is 2.41 bits per heavy atom. The zero-order valence-corrected chi connectivity index (χ0v) is 10.2. The molecule has 2 aromatic heterocycles. The van der Waals surface area contributed by atoms with E-state index < -0.39 is 17.3 Å². The number of hydrogen-bond acceptors (Lipinski definition) is 3. The molecule has 2 heterocycles. The number of aromatic nitrogens is 2. The zero-order valence-electron chi connectivity index (χ0n) is 9.34. The molecule has 0 aliphatic carbocycles. The van der Waals surface area contributed by atoms with Crippen LogP contribution in [0.1, 0.15) is 16.1 Å². The molecule has 0 bridgehead atoms. The van der Waals surface area contributed by atoms with Crippen LogP contribution in [-0.2, 0) is 13.2 Å². The summed E-state index contributed by atoms with van der Waals surface area (Å²) in [6.07, 6.45) is -4.56. The lowest BCUT2D eigenvalue weighted by Crippen LogP contribution is -2.24. The fourth-order valence-corrected chi connectivity index (χ4v) is 2.66. The van der Waals surface area contributed by atoms with Gasteiger partial charge in [-0.1, -0.05) is 0 Å². The minimum atomic E-state index is -4.56. The van der Waals surface area contributed by atoms with E-state index in [-0.39, 0.29) is 15.9 Å². The summed E-state index contributed by atoms with van der Waals surface area (Å²) in [7, 11) is 1.45. The molecule has 2 aromatic rings. The first-order valence-electron chi connectivity index (χ1n) is 4.77. The molecule has 7 heteroatoms. The lowest BCUT2D eigenvalue weighted by molar-refractivity contribution is -0.137. The Bertz CT molecular complexity index is 654.